The Labute approximate surface area is 843 Å². The molecule has 8 rings (SSSR count). The van der Waals surface area contributed by atoms with Gasteiger partial charge in [0.05, 0.1) is 0 Å². The second-order valence-electron chi connectivity index (χ2n) is 50.9. The van der Waals surface area contributed by atoms with E-state index in [-0.39, 0.29) is 61.2 Å². The van der Waals surface area contributed by atoms with Crippen LogP contribution in [0.3, 0.4) is 0 Å². The minimum absolute atomic E-state index is 0.0120. The lowest BCUT2D eigenvalue weighted by Gasteiger charge is -2.53. The Bertz CT molecular complexity index is 3660. The number of unbranched alkanes of at least 4 members (excludes halogenated alkanes) is 18. The zero-order valence-electron chi connectivity index (χ0n) is 95.0. The summed E-state index contributed by atoms with van der Waals surface area (Å²) in [6, 6.07) is 2.27. The van der Waals surface area contributed by atoms with Crippen LogP contribution in [0.1, 0.15) is 474 Å². The van der Waals surface area contributed by atoms with Crippen LogP contribution in [0.15, 0.2) is 0 Å². The highest BCUT2D eigenvalue weighted by Crippen LogP contribution is 2.47. The molecule has 0 atom stereocenters. The zero-order valence-corrected chi connectivity index (χ0v) is 95.0. The van der Waals surface area contributed by atoms with Crippen LogP contribution in [0.2, 0.25) is 0 Å². The summed E-state index contributed by atoms with van der Waals surface area (Å²) >= 11 is 0. The highest BCUT2D eigenvalue weighted by atomic mass is 15.4. The predicted molar refractivity (Wildman–Crippen MR) is 588 cm³/mol. The van der Waals surface area contributed by atoms with Gasteiger partial charge in [0, 0.05) is 191 Å². The lowest BCUT2D eigenvalue weighted by atomic mass is 9.59. The lowest BCUT2D eigenvalue weighted by molar-refractivity contribution is 0.00194. The van der Waals surface area contributed by atoms with Crippen molar-refractivity contribution in [1.82, 2.24) is 85.7 Å². The van der Waals surface area contributed by atoms with Gasteiger partial charge in [-0.05, 0) is 295 Å². The second kappa shape index (κ2) is 55.8. The predicted octanol–water partition coefficient (Wildman–Crippen LogP) is 23.3. The van der Waals surface area contributed by atoms with Crippen LogP contribution < -0.4 is 51.5 Å². The normalized spacial score (nSPS) is 20.8. The van der Waals surface area contributed by atoms with E-state index in [0.29, 0.717) is 30.2 Å². The maximum absolute atomic E-state index is 7.18. The van der Waals surface area contributed by atoms with Gasteiger partial charge in [0.1, 0.15) is 23.3 Å². The average Bonchev–Trinajstić information content (AvgIpc) is 0.774. The van der Waals surface area contributed by atoms with Crippen molar-refractivity contribution < 1.29 is 0 Å². The Kier molecular flexibility index (Phi) is 48.0. The number of aromatic nitrogens is 9. The lowest BCUT2D eigenvalue weighted by Crippen LogP contribution is -2.62. The number of nitrogens with one attached hydrogen (secondary N) is 4. The van der Waals surface area contributed by atoms with E-state index in [9.17, 15) is 0 Å². The van der Waals surface area contributed by atoms with E-state index in [2.05, 4.69) is 266 Å². The molecule has 0 bridgehead atoms. The molecule has 3 aromatic rings. The fourth-order valence-corrected chi connectivity index (χ4v) is 25.5. The quantitative estimate of drug-likeness (QED) is 0.0332. The molecule has 4 saturated heterocycles. The molecule has 4 aliphatic heterocycles. The first-order chi connectivity index (χ1) is 64.7. The Hall–Kier alpha value is -4.33. The summed E-state index contributed by atoms with van der Waals surface area (Å²) in [7, 11) is 0. The van der Waals surface area contributed by atoms with Crippen molar-refractivity contribution in [1.29, 1.82) is 0 Å². The number of piperidine rings is 4. The molecule has 0 unspecified atom stereocenters. The van der Waals surface area contributed by atoms with Gasteiger partial charge in [-0.1, -0.05) is 193 Å². The van der Waals surface area contributed by atoms with Crippen molar-refractivity contribution in [2.75, 3.05) is 136 Å². The Balaban J connectivity index is 1.01. The average molecular weight is 1910 g/mol. The molecular formula is C114H219N23. The SMILES string of the molecule is CCCCN(CCCC)c1nc(CCN(CCCCCCCN(CCc2nc(CCN(CCCCCCCCN(CCc3nc(N(CCCC)CCCC)nc(N(CCCC)CCCC)n3)C3CC(C)(C)C(N)C(C)(C)C3)C3CC(C)(C)NC(C)(C)C3)nc(N(CCCC)C3CC(C)(C)NC(C)(C)C3)n2)C2CC(C)(C)NC(C)(C)C2)C2CC(C)(C)NC(C)(C)C2)nc(N(CCCC)CCCC)n1. The van der Waals surface area contributed by atoms with Crippen LogP contribution >= 0.6 is 0 Å². The molecule has 23 heteroatoms. The summed E-state index contributed by atoms with van der Waals surface area (Å²) in [6.07, 6.45) is 48.3. The molecule has 1 saturated carbocycles. The largest absolute Gasteiger partial charge is 0.341 e. The fourth-order valence-electron chi connectivity index (χ4n) is 25.5. The number of hydrogen-bond donors (Lipinski definition) is 5. The molecule has 1 aliphatic carbocycles. The van der Waals surface area contributed by atoms with Gasteiger partial charge in [-0.2, -0.15) is 39.9 Å². The van der Waals surface area contributed by atoms with Gasteiger partial charge in [-0.25, -0.2) is 4.98 Å². The second-order valence-corrected chi connectivity index (χ2v) is 50.9. The molecule has 5 fully saturated rings. The first-order valence-electron chi connectivity index (χ1n) is 57.6. The van der Waals surface area contributed by atoms with Crippen LogP contribution in [-0.2, 0) is 25.7 Å². The van der Waals surface area contributed by atoms with E-state index in [0.717, 1.165) is 370 Å². The summed E-state index contributed by atoms with van der Waals surface area (Å²) in [5.41, 5.74) is 7.32. The Morgan fingerprint density at radius 3 is 0.628 bits per heavy atom. The molecule has 7 heterocycles. The number of nitrogens with two attached hydrogens (primary N) is 1. The molecule has 23 nitrogen and oxygen atoms in total. The van der Waals surface area contributed by atoms with E-state index < -0.39 is 0 Å². The first kappa shape index (κ1) is 118. The smallest absolute Gasteiger partial charge is 0.230 e. The molecule has 5 aliphatic rings. The van der Waals surface area contributed by atoms with Crippen LogP contribution in [-0.4, -0.2) is 256 Å². The Morgan fingerprint density at radius 1 is 0.212 bits per heavy atom. The molecule has 0 aromatic carbocycles. The van der Waals surface area contributed by atoms with Gasteiger partial charge in [0.2, 0.25) is 29.7 Å². The fraction of sp³-hybridized carbons (Fsp3) is 0.921. The molecule has 3 aromatic heterocycles. The van der Waals surface area contributed by atoms with E-state index in [1.165, 1.54) is 70.6 Å². The summed E-state index contributed by atoms with van der Waals surface area (Å²) in [4.78, 5) is 73.8. The van der Waals surface area contributed by atoms with Crippen LogP contribution in [0.25, 0.3) is 0 Å². The molecular weight excluding hydrogens is 1690 g/mol. The maximum Gasteiger partial charge on any atom is 0.230 e. The topological polar surface area (TPSA) is 219 Å². The first-order valence-corrected chi connectivity index (χ1v) is 57.6. The number of nitrogens with zero attached hydrogens (tertiary/aromatic N) is 18. The third-order valence-electron chi connectivity index (χ3n) is 31.3. The van der Waals surface area contributed by atoms with E-state index in [1.807, 2.05) is 0 Å². The third kappa shape index (κ3) is 40.2. The summed E-state index contributed by atoms with van der Waals surface area (Å²) < 4.78 is 0. The van der Waals surface area contributed by atoms with Crippen LogP contribution in [0, 0.1) is 10.8 Å². The monoisotopic (exact) mass is 1910 g/mol. The van der Waals surface area contributed by atoms with Crippen molar-refractivity contribution in [3.63, 3.8) is 0 Å². The molecule has 6 N–H and O–H groups in total. The zero-order chi connectivity index (χ0) is 100. The van der Waals surface area contributed by atoms with Crippen molar-refractivity contribution in [2.24, 2.45) is 16.6 Å². The van der Waals surface area contributed by atoms with Crippen molar-refractivity contribution in [3.8, 4) is 0 Å². The van der Waals surface area contributed by atoms with Gasteiger partial charge in [0.15, 0.2) is 0 Å². The van der Waals surface area contributed by atoms with Gasteiger partial charge in [-0.15, -0.1) is 0 Å². The van der Waals surface area contributed by atoms with Crippen LogP contribution in [0.5, 0.6) is 0 Å². The summed E-state index contributed by atoms with van der Waals surface area (Å²) in [6.45, 7) is 86.3. The minimum Gasteiger partial charge on any atom is -0.341 e. The standard InChI is InChI=1S/C114H219N23/c1-30-39-63-133(64-40-31-2)100-117-97(118-101(123-100)134(65-41-32-3)66-42-33-4)61-78-129(90-80-105(10,11)99(115)106(12,13)81-90)71-55-51-48-49-52-56-72-130(91-82-107(14,15)125-108(16,17)83-91)76-59-95-116-96(122-104(121-95)137(75-47-38-9)94-88-113(26,27)128-114(28,29)89-94)60-77-131(92-84-109(18,19)126-110(20,21)85-92)73-57-53-50-54-58-74-132(93-86-111(22,23)127-112(24,25)87-93)79-62-98-119-102(135(67-43-34-5)68-44-35-6)124-103(120-98)136(69-45-36-7)70-46-37-8/h90-94,99,125-128H,30-89,115H2,1-29H3. The van der Waals surface area contributed by atoms with E-state index in [4.69, 9.17) is 50.6 Å². The van der Waals surface area contributed by atoms with Crippen molar-refractivity contribution in [2.45, 2.75) is 557 Å². The molecule has 0 amide bonds. The highest BCUT2D eigenvalue weighted by molar-refractivity contribution is 5.41. The third-order valence-corrected chi connectivity index (χ3v) is 31.3. The van der Waals surface area contributed by atoms with Crippen molar-refractivity contribution in [3.05, 3.63) is 23.3 Å². The molecule has 0 spiro atoms. The number of hydrogen-bond acceptors (Lipinski definition) is 23. The van der Waals surface area contributed by atoms with Gasteiger partial charge in [-0.3, -0.25) is 19.6 Å². The van der Waals surface area contributed by atoms with Gasteiger partial charge >= 0.3 is 0 Å². The molecule has 0 radical (unpaired) electrons. The molecule has 137 heavy (non-hydrogen) atoms. The van der Waals surface area contributed by atoms with E-state index >= 15 is 0 Å². The summed E-state index contributed by atoms with van der Waals surface area (Å²) in [5, 5.41) is 16.3. The number of anilines is 5. The minimum atomic E-state index is -0.0326. The van der Waals surface area contributed by atoms with Crippen LogP contribution in [0.4, 0.5) is 29.7 Å². The van der Waals surface area contributed by atoms with Gasteiger partial charge < -0.3 is 51.5 Å². The van der Waals surface area contributed by atoms with E-state index in [1.54, 1.807) is 0 Å². The maximum atomic E-state index is 7.18. The molecule has 790 valence electrons. The highest BCUT2D eigenvalue weighted by Gasteiger charge is 2.49. The van der Waals surface area contributed by atoms with Crippen molar-refractivity contribution >= 4 is 29.7 Å². The summed E-state index contributed by atoms with van der Waals surface area (Å²) in [5.74, 6) is 8.31. The van der Waals surface area contributed by atoms with Gasteiger partial charge in [0.25, 0.3) is 0 Å². The Morgan fingerprint density at radius 2 is 0.401 bits per heavy atom. The number of rotatable bonds is 66.